The predicted octanol–water partition coefficient (Wildman–Crippen LogP) is 14.9. The number of carbonyl (C=O) groups is 3. The third-order valence-corrected chi connectivity index (χ3v) is 11.9. The highest BCUT2D eigenvalue weighted by Crippen LogP contribution is 2.20. The Morgan fingerprint density at radius 2 is 0.754 bits per heavy atom. The molecule has 4 N–H and O–H groups in total. The van der Waals surface area contributed by atoms with Crippen LogP contribution in [0, 0.1) is 0 Å². The van der Waals surface area contributed by atoms with Crippen LogP contribution in [0.3, 0.4) is 0 Å². The number of nitrogens with two attached hydrogens (primary N) is 1. The van der Waals surface area contributed by atoms with Crippen LogP contribution in [0.15, 0.2) is 0 Å². The zero-order valence-corrected chi connectivity index (χ0v) is 38.2. The summed E-state index contributed by atoms with van der Waals surface area (Å²) in [5, 5.41) is 11.9. The number of unbranched alkanes of at least 4 members (excludes halogenated alkanes) is 33. The minimum atomic E-state index is -1.000. The summed E-state index contributed by atoms with van der Waals surface area (Å²) < 4.78 is 6.06. The van der Waals surface area contributed by atoms with E-state index < -0.39 is 12.0 Å². The van der Waals surface area contributed by atoms with Gasteiger partial charge in [0.15, 0.2) is 0 Å². The van der Waals surface area contributed by atoms with E-state index in [1.165, 1.54) is 180 Å². The van der Waals surface area contributed by atoms with Gasteiger partial charge in [-0.3, -0.25) is 9.59 Å². The van der Waals surface area contributed by atoms with Gasteiger partial charge in [-0.2, -0.15) is 0 Å². The SMILES string of the molecule is CCCCCCCCCCCCCCCCCCCCCCCCCC(=O)OC(CCCCCCCCCC)CCCCCCCC(=O)NC(CCCN)C(=O)O. The molecule has 0 aliphatic rings. The van der Waals surface area contributed by atoms with E-state index in [9.17, 15) is 19.5 Å². The molecule has 2 unspecified atom stereocenters. The number of aliphatic carboxylic acids is 1. The molecular weight excluding hydrogens is 709 g/mol. The van der Waals surface area contributed by atoms with Crippen molar-refractivity contribution in [1.82, 2.24) is 5.32 Å². The molecule has 0 radical (unpaired) electrons. The van der Waals surface area contributed by atoms with Crippen molar-refractivity contribution < 1.29 is 24.2 Å². The van der Waals surface area contributed by atoms with E-state index in [4.69, 9.17) is 10.5 Å². The molecular formula is C50H98N2O5. The third-order valence-electron chi connectivity index (χ3n) is 11.9. The quantitative estimate of drug-likeness (QED) is 0.0416. The molecule has 1 amide bonds. The van der Waals surface area contributed by atoms with Gasteiger partial charge in [0.05, 0.1) is 0 Å². The van der Waals surface area contributed by atoms with Crippen LogP contribution in [0.25, 0.3) is 0 Å². The normalized spacial score (nSPS) is 12.5. The average molecular weight is 807 g/mol. The van der Waals surface area contributed by atoms with Crippen molar-refractivity contribution >= 4 is 17.8 Å². The number of esters is 1. The Kier molecular flexibility index (Phi) is 44.2. The molecule has 0 aromatic rings. The summed E-state index contributed by atoms with van der Waals surface area (Å²) >= 11 is 0. The van der Waals surface area contributed by atoms with Crippen molar-refractivity contribution in [2.75, 3.05) is 6.54 Å². The maximum atomic E-state index is 12.8. The summed E-state index contributed by atoms with van der Waals surface area (Å²) in [6.07, 6.45) is 50.4. The predicted molar refractivity (Wildman–Crippen MR) is 244 cm³/mol. The summed E-state index contributed by atoms with van der Waals surface area (Å²) in [5.41, 5.74) is 5.49. The van der Waals surface area contributed by atoms with Crippen molar-refractivity contribution in [3.8, 4) is 0 Å². The van der Waals surface area contributed by atoms with Gasteiger partial charge < -0.3 is 20.9 Å². The van der Waals surface area contributed by atoms with Crippen LogP contribution in [-0.4, -0.2) is 41.6 Å². The maximum Gasteiger partial charge on any atom is 0.326 e. The first-order chi connectivity index (χ1) is 27.9. The Hall–Kier alpha value is -1.63. The van der Waals surface area contributed by atoms with Gasteiger partial charge >= 0.3 is 11.9 Å². The monoisotopic (exact) mass is 807 g/mol. The van der Waals surface area contributed by atoms with Gasteiger partial charge in [-0.1, -0.05) is 219 Å². The van der Waals surface area contributed by atoms with Gasteiger partial charge in [0.2, 0.25) is 5.91 Å². The highest BCUT2D eigenvalue weighted by atomic mass is 16.5. The highest BCUT2D eigenvalue weighted by molar-refractivity contribution is 5.83. The van der Waals surface area contributed by atoms with Crippen LogP contribution in [0.4, 0.5) is 0 Å². The minimum Gasteiger partial charge on any atom is -0.480 e. The molecule has 0 heterocycles. The van der Waals surface area contributed by atoms with E-state index in [0.29, 0.717) is 32.2 Å². The largest absolute Gasteiger partial charge is 0.480 e. The Balaban J connectivity index is 3.99. The lowest BCUT2D eigenvalue weighted by molar-refractivity contribution is -0.150. The summed E-state index contributed by atoms with van der Waals surface area (Å²) in [6, 6.07) is -0.852. The fraction of sp³-hybridized carbons (Fsp3) is 0.940. The number of hydrogen-bond acceptors (Lipinski definition) is 5. The number of carboxylic acid groups (broad SMARTS) is 1. The molecule has 0 rings (SSSR count). The van der Waals surface area contributed by atoms with E-state index in [1.54, 1.807) is 0 Å². The van der Waals surface area contributed by atoms with E-state index in [1.807, 2.05) is 0 Å². The van der Waals surface area contributed by atoms with Crippen molar-refractivity contribution in [2.45, 2.75) is 296 Å². The van der Waals surface area contributed by atoms with Crippen LogP contribution >= 0.6 is 0 Å². The molecule has 0 aliphatic carbocycles. The molecule has 0 saturated carbocycles. The zero-order chi connectivity index (χ0) is 41.7. The van der Waals surface area contributed by atoms with Crippen LogP contribution in [0.5, 0.6) is 0 Å². The maximum absolute atomic E-state index is 12.8. The van der Waals surface area contributed by atoms with E-state index in [-0.39, 0.29) is 18.0 Å². The van der Waals surface area contributed by atoms with E-state index in [2.05, 4.69) is 19.2 Å². The summed E-state index contributed by atoms with van der Waals surface area (Å²) in [7, 11) is 0. The van der Waals surface area contributed by atoms with Gasteiger partial charge in [-0.25, -0.2) is 4.79 Å². The average Bonchev–Trinajstić information content (AvgIpc) is 3.20. The standard InChI is InChI=1S/C50H98N2O5/c1-3-5-7-9-11-13-14-15-16-17-18-19-20-21-22-23-24-25-26-27-29-34-38-44-49(54)57-46(40-35-31-28-12-10-8-6-4-2)41-36-32-30-33-37-43-48(53)52-47(50(55)56)42-39-45-51/h46-47H,3-45,51H2,1-2H3,(H,52,53)(H,55,56). The van der Waals surface area contributed by atoms with Gasteiger partial charge in [-0.05, 0) is 57.9 Å². The number of carboxylic acids is 1. The number of ether oxygens (including phenoxy) is 1. The molecule has 0 saturated heterocycles. The molecule has 0 bridgehead atoms. The highest BCUT2D eigenvalue weighted by Gasteiger charge is 2.19. The minimum absolute atomic E-state index is 0.0137. The van der Waals surface area contributed by atoms with Crippen molar-refractivity contribution in [2.24, 2.45) is 5.73 Å². The first-order valence-corrected chi connectivity index (χ1v) is 25.4. The van der Waals surface area contributed by atoms with Crippen molar-refractivity contribution in [3.05, 3.63) is 0 Å². The van der Waals surface area contributed by atoms with Gasteiger partial charge in [0, 0.05) is 12.8 Å². The molecule has 0 aliphatic heterocycles. The van der Waals surface area contributed by atoms with Crippen molar-refractivity contribution in [3.63, 3.8) is 0 Å². The fourth-order valence-electron chi connectivity index (χ4n) is 8.10. The first-order valence-electron chi connectivity index (χ1n) is 25.4. The second-order valence-corrected chi connectivity index (χ2v) is 17.6. The first kappa shape index (κ1) is 55.4. The second kappa shape index (κ2) is 45.5. The lowest BCUT2D eigenvalue weighted by atomic mass is 10.0. The summed E-state index contributed by atoms with van der Waals surface area (Å²) in [5.74, 6) is -1.21. The van der Waals surface area contributed by atoms with Gasteiger partial charge in [-0.15, -0.1) is 0 Å². The molecule has 0 spiro atoms. The van der Waals surface area contributed by atoms with Gasteiger partial charge in [0.25, 0.3) is 0 Å². The summed E-state index contributed by atoms with van der Waals surface area (Å²) in [4.78, 5) is 36.4. The van der Waals surface area contributed by atoms with E-state index in [0.717, 1.165) is 64.2 Å². The number of rotatable bonds is 47. The van der Waals surface area contributed by atoms with E-state index >= 15 is 0 Å². The molecule has 338 valence electrons. The molecule has 0 fully saturated rings. The molecule has 57 heavy (non-hydrogen) atoms. The molecule has 7 nitrogen and oxygen atoms in total. The lowest BCUT2D eigenvalue weighted by Crippen LogP contribution is -2.40. The molecule has 7 heteroatoms. The van der Waals surface area contributed by atoms with Crippen LogP contribution in [0.2, 0.25) is 0 Å². The Morgan fingerprint density at radius 3 is 1.09 bits per heavy atom. The fourth-order valence-corrected chi connectivity index (χ4v) is 8.10. The number of nitrogens with one attached hydrogen (secondary N) is 1. The number of carbonyl (C=O) groups excluding carboxylic acids is 2. The number of amides is 1. The van der Waals surface area contributed by atoms with Crippen molar-refractivity contribution in [1.29, 1.82) is 0 Å². The smallest absolute Gasteiger partial charge is 0.326 e. The molecule has 0 aromatic heterocycles. The Morgan fingerprint density at radius 1 is 0.439 bits per heavy atom. The van der Waals surface area contributed by atoms with Crippen LogP contribution in [0.1, 0.15) is 284 Å². The van der Waals surface area contributed by atoms with Crippen LogP contribution in [-0.2, 0) is 19.1 Å². The zero-order valence-electron chi connectivity index (χ0n) is 38.2. The lowest BCUT2D eigenvalue weighted by Gasteiger charge is -2.18. The third kappa shape index (κ3) is 42.3. The topological polar surface area (TPSA) is 119 Å². The summed E-state index contributed by atoms with van der Waals surface area (Å²) in [6.45, 7) is 4.97. The Bertz CT molecular complexity index is 868. The molecule has 2 atom stereocenters. The van der Waals surface area contributed by atoms with Gasteiger partial charge in [0.1, 0.15) is 12.1 Å². The van der Waals surface area contributed by atoms with Crippen LogP contribution < -0.4 is 11.1 Å². The number of hydrogen-bond donors (Lipinski definition) is 3. The molecule has 0 aromatic carbocycles. The second-order valence-electron chi connectivity index (χ2n) is 17.6. The Labute approximate surface area is 354 Å².